The first kappa shape index (κ1) is 14.1. The van der Waals surface area contributed by atoms with E-state index in [0.717, 1.165) is 0 Å². The molecule has 98 valence electrons. The third kappa shape index (κ3) is 4.81. The van der Waals surface area contributed by atoms with Gasteiger partial charge >= 0.3 is 12.1 Å². The summed E-state index contributed by atoms with van der Waals surface area (Å²) in [7, 11) is 0. The zero-order chi connectivity index (χ0) is 13.1. The fraction of sp³-hybridized carbons (Fsp3) is 0.818. The van der Waals surface area contributed by atoms with Gasteiger partial charge in [0.25, 0.3) is 0 Å². The number of likely N-dealkylation sites (tertiary alicyclic amines) is 1. The van der Waals surface area contributed by atoms with Crippen LogP contribution in [-0.4, -0.2) is 41.7 Å². The second-order valence-corrected chi connectivity index (χ2v) is 5.30. The molecule has 1 amide bonds. The van der Waals surface area contributed by atoms with Crippen LogP contribution in [0.5, 0.6) is 0 Å². The Labute approximate surface area is 106 Å². The zero-order valence-corrected chi connectivity index (χ0v) is 11.1. The van der Waals surface area contributed by atoms with Crippen LogP contribution in [0.1, 0.15) is 27.2 Å². The molecule has 0 unspecified atom stereocenters. The van der Waals surface area contributed by atoms with Crippen molar-refractivity contribution in [3.8, 4) is 0 Å². The smallest absolute Gasteiger partial charge is 0.410 e. The summed E-state index contributed by atoms with van der Waals surface area (Å²) in [6.45, 7) is 6.53. The lowest BCUT2D eigenvalue weighted by atomic mass is 9.97. The van der Waals surface area contributed by atoms with Crippen molar-refractivity contribution in [1.29, 1.82) is 0 Å². The van der Waals surface area contributed by atoms with E-state index in [1.807, 2.05) is 20.8 Å². The second-order valence-electron chi connectivity index (χ2n) is 5.08. The lowest BCUT2D eigenvalue weighted by Gasteiger charge is -2.39. The Bertz CT molecular complexity index is 294. The number of carbonyl (C=O) groups excluding carboxylic acids is 2. The number of esters is 1. The number of nitrogens with zero attached hydrogens (tertiary/aromatic N) is 1. The van der Waals surface area contributed by atoms with Gasteiger partial charge in [-0.1, -0.05) is 11.6 Å². The summed E-state index contributed by atoms with van der Waals surface area (Å²) in [6, 6.07) is -0.124. The highest BCUT2D eigenvalue weighted by atomic mass is 35.5. The molecule has 0 atom stereocenters. The van der Waals surface area contributed by atoms with E-state index in [9.17, 15) is 9.59 Å². The molecule has 0 aliphatic carbocycles. The third-order valence-electron chi connectivity index (χ3n) is 2.28. The normalized spacial score (nSPS) is 16.4. The molecule has 1 aliphatic heterocycles. The van der Waals surface area contributed by atoms with Gasteiger partial charge in [-0.05, 0) is 20.8 Å². The minimum absolute atomic E-state index is 0.124. The van der Waals surface area contributed by atoms with Gasteiger partial charge in [-0.25, -0.2) is 4.79 Å². The molecule has 6 heteroatoms. The average molecular weight is 264 g/mol. The molecule has 1 saturated heterocycles. The monoisotopic (exact) mass is 263 g/mol. The Hall–Kier alpha value is -0.970. The molecule has 0 radical (unpaired) electrons. The number of hydrogen-bond acceptors (Lipinski definition) is 4. The highest BCUT2D eigenvalue weighted by molar-refractivity contribution is 6.17. The Kier molecular flexibility index (Phi) is 4.62. The fourth-order valence-electron chi connectivity index (χ4n) is 1.53. The molecule has 1 heterocycles. The Morgan fingerprint density at radius 3 is 2.41 bits per heavy atom. The molecule has 1 aliphatic rings. The van der Waals surface area contributed by atoms with Crippen molar-refractivity contribution in [2.24, 2.45) is 5.92 Å². The summed E-state index contributed by atoms with van der Waals surface area (Å²) in [6.07, 6.45) is -0.0362. The van der Waals surface area contributed by atoms with E-state index in [0.29, 0.717) is 19.5 Å². The second kappa shape index (κ2) is 5.58. The van der Waals surface area contributed by atoms with E-state index in [1.165, 1.54) is 0 Å². The molecule has 0 spiro atoms. The first-order chi connectivity index (χ1) is 7.81. The number of ether oxygens (including phenoxy) is 2. The average Bonchev–Trinajstić information content (AvgIpc) is 2.07. The van der Waals surface area contributed by atoms with Crippen molar-refractivity contribution in [1.82, 2.24) is 4.90 Å². The summed E-state index contributed by atoms with van der Waals surface area (Å²) in [4.78, 5) is 24.2. The van der Waals surface area contributed by atoms with Crippen LogP contribution < -0.4 is 0 Å². The topological polar surface area (TPSA) is 55.8 Å². The Balaban J connectivity index is 2.23. The lowest BCUT2D eigenvalue weighted by Crippen LogP contribution is -2.52. The fourth-order valence-corrected chi connectivity index (χ4v) is 1.65. The minimum atomic E-state index is -0.486. The molecule has 0 aromatic heterocycles. The number of carbonyl (C=O) groups is 2. The summed E-state index contributed by atoms with van der Waals surface area (Å²) in [5.41, 5.74) is -0.486. The van der Waals surface area contributed by atoms with Crippen LogP contribution in [0.25, 0.3) is 0 Å². The summed E-state index contributed by atoms with van der Waals surface area (Å²) < 4.78 is 9.81. The van der Waals surface area contributed by atoms with Gasteiger partial charge in [0.1, 0.15) is 5.60 Å². The van der Waals surface area contributed by atoms with Gasteiger partial charge in [0, 0.05) is 19.0 Å². The number of amides is 1. The molecular formula is C11H18ClNO4. The molecule has 0 aromatic carbocycles. The summed E-state index contributed by atoms with van der Waals surface area (Å²) in [5.74, 6) is -0.174. The SMILES string of the molecule is CC(C)(C)OC(=O)N1CC(CC(=O)OCCl)C1. The maximum atomic E-state index is 11.6. The van der Waals surface area contributed by atoms with Crippen molar-refractivity contribution < 1.29 is 19.1 Å². The first-order valence-corrected chi connectivity index (χ1v) is 6.05. The molecule has 0 saturated carbocycles. The van der Waals surface area contributed by atoms with Gasteiger partial charge in [-0.2, -0.15) is 0 Å². The first-order valence-electron chi connectivity index (χ1n) is 5.51. The maximum absolute atomic E-state index is 11.6. The number of hydrogen-bond donors (Lipinski definition) is 0. The Morgan fingerprint density at radius 2 is 1.94 bits per heavy atom. The van der Waals surface area contributed by atoms with Crippen LogP contribution >= 0.6 is 11.6 Å². The molecule has 0 aromatic rings. The van der Waals surface area contributed by atoms with Gasteiger partial charge in [-0.3, -0.25) is 4.79 Å². The molecule has 0 N–H and O–H groups in total. The predicted octanol–water partition coefficient (Wildman–Crippen LogP) is 1.98. The quantitative estimate of drug-likeness (QED) is 0.577. The zero-order valence-electron chi connectivity index (χ0n) is 10.4. The highest BCUT2D eigenvalue weighted by Crippen LogP contribution is 2.22. The van der Waals surface area contributed by atoms with Crippen LogP contribution in [0.3, 0.4) is 0 Å². The van der Waals surface area contributed by atoms with Gasteiger partial charge < -0.3 is 14.4 Å². The van der Waals surface area contributed by atoms with E-state index < -0.39 is 5.60 Å². The minimum Gasteiger partial charge on any atom is -0.449 e. The standard InChI is InChI=1S/C11H18ClNO4/c1-11(2,3)17-10(15)13-5-8(6-13)4-9(14)16-7-12/h8H,4-7H2,1-3H3. The van der Waals surface area contributed by atoms with Gasteiger partial charge in [0.15, 0.2) is 6.07 Å². The summed E-state index contributed by atoms with van der Waals surface area (Å²) in [5, 5.41) is 0. The van der Waals surface area contributed by atoms with Gasteiger partial charge in [0.05, 0.1) is 6.42 Å². The van der Waals surface area contributed by atoms with Crippen LogP contribution in [0.15, 0.2) is 0 Å². The number of rotatable bonds is 3. The van der Waals surface area contributed by atoms with E-state index in [2.05, 4.69) is 4.74 Å². The highest BCUT2D eigenvalue weighted by Gasteiger charge is 2.34. The predicted molar refractivity (Wildman–Crippen MR) is 62.7 cm³/mol. The Morgan fingerprint density at radius 1 is 1.35 bits per heavy atom. The van der Waals surface area contributed by atoms with E-state index in [4.69, 9.17) is 16.3 Å². The van der Waals surface area contributed by atoms with Crippen LogP contribution in [0, 0.1) is 5.92 Å². The van der Waals surface area contributed by atoms with Crippen molar-refractivity contribution in [3.05, 3.63) is 0 Å². The molecule has 0 bridgehead atoms. The van der Waals surface area contributed by atoms with Crippen LogP contribution in [0.4, 0.5) is 4.79 Å². The van der Waals surface area contributed by atoms with E-state index in [1.54, 1.807) is 4.90 Å². The van der Waals surface area contributed by atoms with Crippen molar-refractivity contribution in [3.63, 3.8) is 0 Å². The molecule has 17 heavy (non-hydrogen) atoms. The van der Waals surface area contributed by atoms with Gasteiger partial charge in [0.2, 0.25) is 0 Å². The summed E-state index contributed by atoms with van der Waals surface area (Å²) >= 11 is 5.27. The molecule has 1 fully saturated rings. The molecule has 1 rings (SSSR count). The van der Waals surface area contributed by atoms with E-state index >= 15 is 0 Å². The van der Waals surface area contributed by atoms with Crippen molar-refractivity contribution >= 4 is 23.7 Å². The lowest BCUT2D eigenvalue weighted by molar-refractivity contribution is -0.144. The van der Waals surface area contributed by atoms with Crippen LogP contribution in [-0.2, 0) is 14.3 Å². The molecule has 5 nitrogen and oxygen atoms in total. The van der Waals surface area contributed by atoms with E-state index in [-0.39, 0.29) is 24.0 Å². The van der Waals surface area contributed by atoms with Crippen molar-refractivity contribution in [2.45, 2.75) is 32.8 Å². The number of halogens is 1. The van der Waals surface area contributed by atoms with Crippen LogP contribution in [0.2, 0.25) is 0 Å². The van der Waals surface area contributed by atoms with Gasteiger partial charge in [-0.15, -0.1) is 0 Å². The largest absolute Gasteiger partial charge is 0.449 e. The van der Waals surface area contributed by atoms with Crippen molar-refractivity contribution in [2.75, 3.05) is 19.2 Å². The maximum Gasteiger partial charge on any atom is 0.410 e. The number of alkyl halides is 1. The third-order valence-corrected chi connectivity index (χ3v) is 2.39. The molecular weight excluding hydrogens is 246 g/mol.